The number of nitro groups is 1. The molecule has 30 heavy (non-hydrogen) atoms. The van der Waals surface area contributed by atoms with E-state index < -0.39 is 35.1 Å². The largest absolute Gasteiger partial charge is 0.379 e. The van der Waals surface area contributed by atoms with Gasteiger partial charge in [0, 0.05) is 37.3 Å². The molecule has 0 saturated carbocycles. The number of benzene rings is 1. The molecule has 12 nitrogen and oxygen atoms in total. The zero-order valence-corrected chi connectivity index (χ0v) is 16.0. The summed E-state index contributed by atoms with van der Waals surface area (Å²) in [5.41, 5.74) is 0.0598. The van der Waals surface area contributed by atoms with Crippen molar-refractivity contribution >= 4 is 29.1 Å². The molecular formula is C18H22N6O6. The number of amides is 3. The van der Waals surface area contributed by atoms with Crippen LogP contribution in [0.3, 0.4) is 0 Å². The van der Waals surface area contributed by atoms with Crippen LogP contribution in [0, 0.1) is 22.0 Å². The minimum atomic E-state index is -0.916. The molecule has 3 aliphatic heterocycles. The molecule has 0 radical (unpaired) electrons. The number of nitrogens with zero attached hydrogens (tertiary/aromatic N) is 2. The van der Waals surface area contributed by atoms with Crippen molar-refractivity contribution < 1.29 is 24.0 Å². The Kier molecular flexibility index (Phi) is 5.61. The van der Waals surface area contributed by atoms with E-state index in [-0.39, 0.29) is 29.6 Å². The maximum absolute atomic E-state index is 12.9. The van der Waals surface area contributed by atoms with Gasteiger partial charge in [0.2, 0.25) is 17.7 Å². The third kappa shape index (κ3) is 4.10. The van der Waals surface area contributed by atoms with E-state index in [0.29, 0.717) is 26.3 Å². The molecule has 4 atom stereocenters. The molecule has 3 saturated heterocycles. The SMILES string of the molecule is O=C1CC(C(=O)Nc2cccc([N+](=O)[O-])c2)C2C(=O)NC(N3CCOCC3)NC2N1. The van der Waals surface area contributed by atoms with Crippen LogP contribution in [0.4, 0.5) is 11.4 Å². The number of nitrogens with one attached hydrogen (secondary N) is 4. The Bertz CT molecular complexity index is 872. The summed E-state index contributed by atoms with van der Waals surface area (Å²) < 4.78 is 5.32. The number of ether oxygens (including phenoxy) is 1. The quantitative estimate of drug-likeness (QED) is 0.357. The lowest BCUT2D eigenvalue weighted by Crippen LogP contribution is -2.74. The summed E-state index contributed by atoms with van der Waals surface area (Å²) in [7, 11) is 0. The predicted octanol–water partition coefficient (Wildman–Crippen LogP) is -1.05. The highest BCUT2D eigenvalue weighted by atomic mass is 16.6. The smallest absolute Gasteiger partial charge is 0.271 e. The first-order valence-electron chi connectivity index (χ1n) is 9.65. The Hall–Kier alpha value is -3.09. The zero-order chi connectivity index (χ0) is 21.3. The first-order valence-corrected chi connectivity index (χ1v) is 9.65. The van der Waals surface area contributed by atoms with Gasteiger partial charge in [0.25, 0.3) is 5.69 Å². The number of piperidine rings is 1. The summed E-state index contributed by atoms with van der Waals surface area (Å²) in [6, 6.07) is 5.50. The van der Waals surface area contributed by atoms with Crippen LogP contribution >= 0.6 is 0 Å². The van der Waals surface area contributed by atoms with E-state index >= 15 is 0 Å². The van der Waals surface area contributed by atoms with Crippen LogP contribution in [0.5, 0.6) is 0 Å². The predicted molar refractivity (Wildman–Crippen MR) is 103 cm³/mol. The summed E-state index contributed by atoms with van der Waals surface area (Å²) >= 11 is 0. The number of hydrogen-bond acceptors (Lipinski definition) is 8. The molecule has 3 heterocycles. The number of carbonyl (C=O) groups excluding carboxylic acids is 3. The van der Waals surface area contributed by atoms with Crippen molar-refractivity contribution in [1.29, 1.82) is 0 Å². The molecule has 12 heteroatoms. The van der Waals surface area contributed by atoms with Gasteiger partial charge in [-0.1, -0.05) is 6.07 Å². The Balaban J connectivity index is 1.49. The monoisotopic (exact) mass is 418 g/mol. The maximum Gasteiger partial charge on any atom is 0.271 e. The zero-order valence-electron chi connectivity index (χ0n) is 16.0. The number of nitro benzene ring substituents is 1. The summed E-state index contributed by atoms with van der Waals surface area (Å²) in [4.78, 5) is 50.4. The highest BCUT2D eigenvalue weighted by Crippen LogP contribution is 2.29. The molecule has 4 rings (SSSR count). The molecule has 1 aromatic rings. The minimum Gasteiger partial charge on any atom is -0.379 e. The van der Waals surface area contributed by atoms with Gasteiger partial charge in [0.15, 0.2) is 0 Å². The lowest BCUT2D eigenvalue weighted by molar-refractivity contribution is -0.384. The van der Waals surface area contributed by atoms with Crippen LogP contribution in [0.25, 0.3) is 0 Å². The van der Waals surface area contributed by atoms with Crippen molar-refractivity contribution in [3.8, 4) is 0 Å². The Morgan fingerprint density at radius 1 is 1.23 bits per heavy atom. The highest BCUT2D eigenvalue weighted by Gasteiger charge is 2.49. The second-order valence-corrected chi connectivity index (χ2v) is 7.40. The second kappa shape index (κ2) is 8.34. The van der Waals surface area contributed by atoms with Crippen LogP contribution in [-0.4, -0.2) is 66.3 Å². The van der Waals surface area contributed by atoms with E-state index in [9.17, 15) is 24.5 Å². The average Bonchev–Trinajstić information content (AvgIpc) is 2.73. The van der Waals surface area contributed by atoms with E-state index in [0.717, 1.165) is 0 Å². The van der Waals surface area contributed by atoms with Gasteiger partial charge in [-0.25, -0.2) is 0 Å². The van der Waals surface area contributed by atoms with Crippen LogP contribution in [0.15, 0.2) is 24.3 Å². The number of rotatable bonds is 4. The molecule has 3 aliphatic rings. The summed E-state index contributed by atoms with van der Waals surface area (Å²) in [6.07, 6.45) is -1.32. The van der Waals surface area contributed by atoms with Gasteiger partial charge in [-0.05, 0) is 6.07 Å². The van der Waals surface area contributed by atoms with Crippen LogP contribution in [-0.2, 0) is 19.1 Å². The summed E-state index contributed by atoms with van der Waals surface area (Å²) in [6.45, 7) is 2.34. The fraction of sp³-hybridized carbons (Fsp3) is 0.500. The first-order chi connectivity index (χ1) is 14.4. The number of morpholine rings is 1. The molecule has 0 aliphatic carbocycles. The van der Waals surface area contributed by atoms with Crippen molar-refractivity contribution in [3.05, 3.63) is 34.4 Å². The second-order valence-electron chi connectivity index (χ2n) is 7.40. The first kappa shape index (κ1) is 20.2. The molecule has 0 aromatic heterocycles. The van der Waals surface area contributed by atoms with Crippen LogP contribution in [0.2, 0.25) is 0 Å². The topological polar surface area (TPSA) is 155 Å². The molecule has 3 fully saturated rings. The van der Waals surface area contributed by atoms with Gasteiger partial charge >= 0.3 is 0 Å². The normalized spacial score (nSPS) is 29.3. The van der Waals surface area contributed by atoms with Gasteiger partial charge in [0.1, 0.15) is 6.29 Å². The van der Waals surface area contributed by atoms with Crippen molar-refractivity contribution in [1.82, 2.24) is 20.9 Å². The molecular weight excluding hydrogens is 396 g/mol. The maximum atomic E-state index is 12.9. The Morgan fingerprint density at radius 2 is 2.00 bits per heavy atom. The van der Waals surface area contributed by atoms with Crippen molar-refractivity contribution in [2.45, 2.75) is 18.9 Å². The van der Waals surface area contributed by atoms with Crippen LogP contribution in [0.1, 0.15) is 6.42 Å². The number of hydrogen-bond donors (Lipinski definition) is 4. The number of fused-ring (bicyclic) bond motifs is 1. The molecule has 3 amide bonds. The number of carbonyl (C=O) groups is 3. The Labute approximate surface area is 171 Å². The number of anilines is 1. The van der Waals surface area contributed by atoms with Crippen LogP contribution < -0.4 is 21.3 Å². The number of non-ortho nitro benzene ring substituents is 1. The lowest BCUT2D eigenvalue weighted by Gasteiger charge is -2.46. The molecule has 160 valence electrons. The standard InChI is InChI=1S/C18H22N6O6/c25-13-9-12(16(26)19-10-2-1-3-11(8-10)24(28)29)14-15(20-13)21-18(22-17(14)27)23-4-6-30-7-5-23/h1-3,8,12,14-15,18,21H,4-7,9H2,(H,19,26)(H,20,25)(H,22,27). The van der Waals surface area contributed by atoms with E-state index in [1.807, 2.05) is 4.90 Å². The highest BCUT2D eigenvalue weighted by molar-refractivity contribution is 6.00. The summed E-state index contributed by atoms with van der Waals surface area (Å²) in [5, 5.41) is 22.4. The molecule has 4 N–H and O–H groups in total. The van der Waals surface area contributed by atoms with Gasteiger partial charge in [-0.3, -0.25) is 34.7 Å². The summed E-state index contributed by atoms with van der Waals surface area (Å²) in [5.74, 6) is -2.95. The van der Waals surface area contributed by atoms with E-state index in [2.05, 4.69) is 21.3 Å². The third-order valence-electron chi connectivity index (χ3n) is 5.51. The van der Waals surface area contributed by atoms with E-state index in [1.165, 1.54) is 24.3 Å². The minimum absolute atomic E-state index is 0.154. The molecule has 1 aromatic carbocycles. The lowest BCUT2D eigenvalue weighted by atomic mass is 9.81. The van der Waals surface area contributed by atoms with Gasteiger partial charge in [-0.15, -0.1) is 0 Å². The van der Waals surface area contributed by atoms with Gasteiger partial charge in [-0.2, -0.15) is 0 Å². The van der Waals surface area contributed by atoms with Crippen molar-refractivity contribution in [2.24, 2.45) is 11.8 Å². The average molecular weight is 418 g/mol. The van der Waals surface area contributed by atoms with E-state index in [1.54, 1.807) is 0 Å². The fourth-order valence-electron chi connectivity index (χ4n) is 4.02. The molecule has 0 spiro atoms. The third-order valence-corrected chi connectivity index (χ3v) is 5.51. The van der Waals surface area contributed by atoms with Crippen molar-refractivity contribution in [3.63, 3.8) is 0 Å². The van der Waals surface area contributed by atoms with E-state index in [4.69, 9.17) is 4.74 Å². The molecule has 4 unspecified atom stereocenters. The van der Waals surface area contributed by atoms with Crippen molar-refractivity contribution in [2.75, 3.05) is 31.6 Å². The van der Waals surface area contributed by atoms with Gasteiger partial charge < -0.3 is 20.7 Å². The molecule has 0 bridgehead atoms. The van der Waals surface area contributed by atoms with Gasteiger partial charge in [0.05, 0.1) is 36.1 Å². The fourth-order valence-corrected chi connectivity index (χ4v) is 4.02. The Morgan fingerprint density at radius 3 is 2.73 bits per heavy atom.